The van der Waals surface area contributed by atoms with Crippen LogP contribution in [0.5, 0.6) is 0 Å². The summed E-state index contributed by atoms with van der Waals surface area (Å²) < 4.78 is 30.6. The fourth-order valence-corrected chi connectivity index (χ4v) is 4.70. The topological polar surface area (TPSA) is 121 Å². The van der Waals surface area contributed by atoms with E-state index in [-0.39, 0.29) is 27.7 Å². The number of rotatable bonds is 8. The lowest BCUT2D eigenvalue weighted by atomic mass is 10.0. The fraction of sp³-hybridized carbons (Fsp3) is 0.318. The number of hydrogen-bond acceptors (Lipinski definition) is 6. The largest absolute Gasteiger partial charge is 0.365 e. The number of anilines is 1. The number of pyridine rings is 1. The van der Waals surface area contributed by atoms with Crippen molar-refractivity contribution in [3.05, 3.63) is 46.5 Å². The van der Waals surface area contributed by atoms with E-state index < -0.39 is 18.0 Å². The second-order valence-corrected chi connectivity index (χ2v) is 8.75. The maximum atomic E-state index is 13.7. The Balaban J connectivity index is 1.82. The van der Waals surface area contributed by atoms with Crippen LogP contribution in [0.4, 0.5) is 14.5 Å². The molecule has 4 aromatic rings. The van der Waals surface area contributed by atoms with Crippen molar-refractivity contribution in [3.8, 4) is 11.1 Å². The molecule has 4 rings (SSSR count). The summed E-state index contributed by atoms with van der Waals surface area (Å²) in [4.78, 5) is 29.3. The van der Waals surface area contributed by atoms with Gasteiger partial charge < -0.3 is 11.1 Å². The average Bonchev–Trinajstić information content (AvgIpc) is 3.48. The van der Waals surface area contributed by atoms with E-state index in [4.69, 9.17) is 5.73 Å². The summed E-state index contributed by atoms with van der Waals surface area (Å²) in [6.45, 7) is 6.44. The van der Waals surface area contributed by atoms with E-state index in [1.807, 2.05) is 19.9 Å². The molecule has 34 heavy (non-hydrogen) atoms. The fourth-order valence-electron chi connectivity index (χ4n) is 3.68. The number of nitrogens with one attached hydrogen (secondary N) is 1. The van der Waals surface area contributed by atoms with Gasteiger partial charge >= 0.3 is 0 Å². The molecule has 0 radical (unpaired) electrons. The number of primary amides is 1. The predicted octanol–water partition coefficient (Wildman–Crippen LogP) is 4.06. The van der Waals surface area contributed by atoms with Gasteiger partial charge in [-0.3, -0.25) is 19.0 Å². The number of carbonyl (C=O) groups excluding carboxylic acids is 2. The normalized spacial score (nSPS) is 11.5. The first-order valence-corrected chi connectivity index (χ1v) is 11.4. The molecule has 4 aromatic heterocycles. The Morgan fingerprint density at radius 2 is 1.97 bits per heavy atom. The number of carbonyl (C=O) groups is 2. The number of nitrogens with two attached hydrogens (primary N) is 1. The van der Waals surface area contributed by atoms with Crippen LogP contribution in [0, 0.1) is 13.8 Å². The van der Waals surface area contributed by atoms with Gasteiger partial charge in [0.05, 0.1) is 17.1 Å². The zero-order valence-electron chi connectivity index (χ0n) is 18.8. The standard InChI is InChI=1S/C22H23F2N7O2S/c1-4-30-10-14(12(3)29-30)13-9-15(20(23)24)26-22-17(13)18(19(34-22)21(25)33)27-16(32)6-8-31-7-5-11(2)28-31/h5,7,9-10,20H,4,6,8H2,1-3H3,(H2,25,33)(H,27,32). The number of thiophene rings is 1. The Labute approximate surface area is 197 Å². The molecule has 2 amide bonds. The van der Waals surface area contributed by atoms with Crippen molar-refractivity contribution in [2.75, 3.05) is 5.32 Å². The Hall–Kier alpha value is -3.67. The Bertz CT molecular complexity index is 1390. The van der Waals surface area contributed by atoms with Crippen molar-refractivity contribution in [1.29, 1.82) is 0 Å². The zero-order chi connectivity index (χ0) is 24.6. The van der Waals surface area contributed by atoms with Gasteiger partial charge in [0.25, 0.3) is 12.3 Å². The Morgan fingerprint density at radius 3 is 2.56 bits per heavy atom. The smallest absolute Gasteiger partial charge is 0.280 e. The third-order valence-electron chi connectivity index (χ3n) is 5.30. The van der Waals surface area contributed by atoms with E-state index in [2.05, 4.69) is 20.5 Å². The first-order valence-electron chi connectivity index (χ1n) is 10.6. The first kappa shape index (κ1) is 23.5. The molecule has 0 fully saturated rings. The molecule has 4 heterocycles. The number of halogens is 2. The summed E-state index contributed by atoms with van der Waals surface area (Å²) in [5.41, 5.74) is 7.76. The minimum Gasteiger partial charge on any atom is -0.365 e. The summed E-state index contributed by atoms with van der Waals surface area (Å²) in [5.74, 6) is -1.16. The maximum absolute atomic E-state index is 13.7. The number of amides is 2. The van der Waals surface area contributed by atoms with Gasteiger partial charge in [0.15, 0.2) is 0 Å². The van der Waals surface area contributed by atoms with E-state index in [0.29, 0.717) is 35.3 Å². The molecule has 0 aliphatic rings. The number of fused-ring (bicyclic) bond motifs is 1. The van der Waals surface area contributed by atoms with Crippen molar-refractivity contribution in [3.63, 3.8) is 0 Å². The average molecular weight is 488 g/mol. The van der Waals surface area contributed by atoms with Gasteiger partial charge in [-0.15, -0.1) is 11.3 Å². The SMILES string of the molecule is CCn1cc(-c2cc(C(F)F)nc3sc(C(N)=O)c(NC(=O)CCn4ccc(C)n4)c23)c(C)n1. The van der Waals surface area contributed by atoms with Crippen LogP contribution >= 0.6 is 11.3 Å². The van der Waals surface area contributed by atoms with Gasteiger partial charge in [0.2, 0.25) is 5.91 Å². The first-order chi connectivity index (χ1) is 16.2. The maximum Gasteiger partial charge on any atom is 0.280 e. The Morgan fingerprint density at radius 1 is 1.21 bits per heavy atom. The van der Waals surface area contributed by atoms with Gasteiger partial charge in [-0.25, -0.2) is 13.8 Å². The zero-order valence-corrected chi connectivity index (χ0v) is 19.6. The molecule has 0 spiro atoms. The number of nitrogens with zero attached hydrogens (tertiary/aromatic N) is 5. The molecule has 0 atom stereocenters. The molecule has 0 aliphatic heterocycles. The third-order valence-corrected chi connectivity index (χ3v) is 6.39. The van der Waals surface area contributed by atoms with Crippen LogP contribution in [0.25, 0.3) is 21.3 Å². The van der Waals surface area contributed by atoms with E-state index in [1.54, 1.807) is 28.7 Å². The number of hydrogen-bond donors (Lipinski definition) is 2. The minimum absolute atomic E-state index is 0.0407. The lowest BCUT2D eigenvalue weighted by Crippen LogP contribution is -2.18. The number of aryl methyl sites for hydroxylation is 4. The van der Waals surface area contributed by atoms with Gasteiger partial charge in [-0.1, -0.05) is 0 Å². The van der Waals surface area contributed by atoms with Crippen molar-refractivity contribution in [2.24, 2.45) is 5.73 Å². The molecule has 0 aliphatic carbocycles. The van der Waals surface area contributed by atoms with Crippen LogP contribution in [-0.4, -0.2) is 36.4 Å². The van der Waals surface area contributed by atoms with Gasteiger partial charge in [-0.2, -0.15) is 10.2 Å². The van der Waals surface area contributed by atoms with E-state index in [0.717, 1.165) is 17.0 Å². The molecular formula is C22H23F2N7O2S. The molecule has 3 N–H and O–H groups in total. The van der Waals surface area contributed by atoms with Gasteiger partial charge in [-0.05, 0) is 38.5 Å². The van der Waals surface area contributed by atoms with Crippen molar-refractivity contribution < 1.29 is 18.4 Å². The quantitative estimate of drug-likeness (QED) is 0.388. The van der Waals surface area contributed by atoms with E-state index in [9.17, 15) is 18.4 Å². The van der Waals surface area contributed by atoms with Gasteiger partial charge in [0, 0.05) is 42.9 Å². The highest BCUT2D eigenvalue weighted by molar-refractivity contribution is 7.21. The van der Waals surface area contributed by atoms with Crippen LogP contribution in [0.3, 0.4) is 0 Å². The molecule has 0 saturated heterocycles. The molecule has 0 aromatic carbocycles. The molecule has 178 valence electrons. The number of aromatic nitrogens is 5. The molecule has 12 heteroatoms. The van der Waals surface area contributed by atoms with Crippen LogP contribution in [0.2, 0.25) is 0 Å². The summed E-state index contributed by atoms with van der Waals surface area (Å²) in [5, 5.41) is 11.8. The highest BCUT2D eigenvalue weighted by Crippen LogP contribution is 2.43. The van der Waals surface area contributed by atoms with Gasteiger partial charge in [0.1, 0.15) is 15.4 Å². The summed E-state index contributed by atoms with van der Waals surface area (Å²) >= 11 is 0.872. The van der Waals surface area contributed by atoms with Crippen molar-refractivity contribution in [2.45, 2.75) is 46.7 Å². The predicted molar refractivity (Wildman–Crippen MR) is 125 cm³/mol. The molecular weight excluding hydrogens is 464 g/mol. The number of alkyl halides is 2. The summed E-state index contributed by atoms with van der Waals surface area (Å²) in [6.07, 6.45) is 0.771. The Kier molecular flexibility index (Phi) is 6.42. The monoisotopic (exact) mass is 487 g/mol. The third kappa shape index (κ3) is 4.53. The molecule has 0 bridgehead atoms. The highest BCUT2D eigenvalue weighted by Gasteiger charge is 2.26. The molecule has 0 unspecified atom stereocenters. The van der Waals surface area contributed by atoms with Crippen LogP contribution in [0.1, 0.15) is 46.5 Å². The highest BCUT2D eigenvalue weighted by atomic mass is 32.1. The summed E-state index contributed by atoms with van der Waals surface area (Å²) in [7, 11) is 0. The summed E-state index contributed by atoms with van der Waals surface area (Å²) in [6, 6.07) is 3.10. The lowest BCUT2D eigenvalue weighted by molar-refractivity contribution is -0.116. The molecule has 9 nitrogen and oxygen atoms in total. The van der Waals surface area contributed by atoms with E-state index in [1.165, 1.54) is 6.07 Å². The molecule has 0 saturated carbocycles. The van der Waals surface area contributed by atoms with Crippen LogP contribution < -0.4 is 11.1 Å². The minimum atomic E-state index is -2.82. The van der Waals surface area contributed by atoms with Crippen LogP contribution in [-0.2, 0) is 17.9 Å². The lowest BCUT2D eigenvalue weighted by Gasteiger charge is -2.10. The van der Waals surface area contributed by atoms with Crippen molar-refractivity contribution in [1.82, 2.24) is 24.5 Å². The second kappa shape index (κ2) is 9.29. The van der Waals surface area contributed by atoms with E-state index >= 15 is 0 Å². The van der Waals surface area contributed by atoms with Crippen molar-refractivity contribution >= 4 is 39.1 Å². The van der Waals surface area contributed by atoms with Crippen LogP contribution in [0.15, 0.2) is 24.5 Å². The second-order valence-electron chi connectivity index (χ2n) is 7.75.